The van der Waals surface area contributed by atoms with E-state index in [2.05, 4.69) is 10.6 Å². The maximum atomic E-state index is 13.4. The average molecular weight is 290 g/mol. The highest BCUT2D eigenvalue weighted by Crippen LogP contribution is 2.19. The third kappa shape index (κ3) is 3.95. The molecule has 0 unspecified atom stereocenters. The fourth-order valence-corrected chi connectivity index (χ4v) is 1.36. The van der Waals surface area contributed by atoms with Gasteiger partial charge < -0.3 is 16.0 Å². The van der Waals surface area contributed by atoms with E-state index < -0.39 is 35.1 Å². The second kappa shape index (κ2) is 6.90. The number of benzene rings is 1. The molecule has 0 aliphatic rings. The molecule has 1 aromatic rings. The Morgan fingerprint density at radius 2 is 1.90 bits per heavy atom. The molecule has 0 aliphatic carbocycles. The van der Waals surface area contributed by atoms with Gasteiger partial charge in [-0.1, -0.05) is 0 Å². The number of quaternary nitrogens is 1. The number of carbonyl (C=O) groups is 2. The van der Waals surface area contributed by atoms with Crippen LogP contribution in [0.15, 0.2) is 12.1 Å². The van der Waals surface area contributed by atoms with Gasteiger partial charge in [0, 0.05) is 7.05 Å². The lowest BCUT2D eigenvalue weighted by atomic mass is 10.2. The predicted octanol–water partition coefficient (Wildman–Crippen LogP) is -0.260. The quantitative estimate of drug-likeness (QED) is 0.654. The zero-order valence-corrected chi connectivity index (χ0v) is 11.0. The number of nitrogens with one attached hydrogen (secondary N) is 2. The molecule has 5 nitrogen and oxygen atoms in total. The zero-order valence-electron chi connectivity index (χ0n) is 11.0. The van der Waals surface area contributed by atoms with Gasteiger partial charge in [-0.2, -0.15) is 0 Å². The standard InChI is InChI=1S/C12H14F3N3O2/c1-6(17-5-9(19)16-2)12(20)18-8-4-3-7(13)10(14)11(8)15/h3-4,6,17H,5H2,1-2H3,(H,16,19)(H,18,20)/p+1/t6-/m0/s1. The molecule has 0 aromatic heterocycles. The van der Waals surface area contributed by atoms with Crippen molar-refractivity contribution in [3.63, 3.8) is 0 Å². The van der Waals surface area contributed by atoms with E-state index in [0.29, 0.717) is 6.07 Å². The van der Waals surface area contributed by atoms with Gasteiger partial charge in [-0.05, 0) is 19.1 Å². The van der Waals surface area contributed by atoms with E-state index in [1.54, 1.807) is 0 Å². The lowest BCUT2D eigenvalue weighted by molar-refractivity contribution is -0.662. The van der Waals surface area contributed by atoms with Crippen molar-refractivity contribution in [3.05, 3.63) is 29.6 Å². The lowest BCUT2D eigenvalue weighted by Gasteiger charge is -2.11. The van der Waals surface area contributed by atoms with Crippen LogP contribution in [0.25, 0.3) is 0 Å². The van der Waals surface area contributed by atoms with Crippen molar-refractivity contribution in [3.8, 4) is 0 Å². The maximum absolute atomic E-state index is 13.4. The van der Waals surface area contributed by atoms with Crippen molar-refractivity contribution in [1.29, 1.82) is 0 Å². The van der Waals surface area contributed by atoms with Crippen LogP contribution in [0.1, 0.15) is 6.92 Å². The third-order valence-electron chi connectivity index (χ3n) is 2.64. The highest BCUT2D eigenvalue weighted by Gasteiger charge is 2.20. The zero-order chi connectivity index (χ0) is 15.3. The van der Waals surface area contributed by atoms with Crippen molar-refractivity contribution in [2.24, 2.45) is 0 Å². The van der Waals surface area contributed by atoms with Gasteiger partial charge in [0.05, 0.1) is 5.69 Å². The molecule has 0 fully saturated rings. The number of halogens is 3. The summed E-state index contributed by atoms with van der Waals surface area (Å²) in [5, 5.41) is 5.94. The Hall–Kier alpha value is -2.09. The molecule has 0 spiro atoms. The van der Waals surface area contributed by atoms with Gasteiger partial charge in [0.15, 0.2) is 30.0 Å². The van der Waals surface area contributed by atoms with Gasteiger partial charge in [0.25, 0.3) is 11.8 Å². The topological polar surface area (TPSA) is 74.8 Å². The maximum Gasteiger partial charge on any atom is 0.282 e. The van der Waals surface area contributed by atoms with E-state index >= 15 is 0 Å². The Morgan fingerprint density at radius 1 is 1.25 bits per heavy atom. The van der Waals surface area contributed by atoms with Gasteiger partial charge in [-0.25, -0.2) is 13.2 Å². The van der Waals surface area contributed by atoms with Crippen LogP contribution >= 0.6 is 0 Å². The summed E-state index contributed by atoms with van der Waals surface area (Å²) in [6, 6.07) is 0.948. The lowest BCUT2D eigenvalue weighted by Crippen LogP contribution is -2.93. The van der Waals surface area contributed by atoms with Gasteiger partial charge in [-0.15, -0.1) is 0 Å². The SMILES string of the molecule is CNC(=O)C[NH2+][C@@H](C)C(=O)Nc1ccc(F)c(F)c1F. The number of anilines is 1. The van der Waals surface area contributed by atoms with Crippen LogP contribution < -0.4 is 16.0 Å². The molecule has 1 atom stereocenters. The molecule has 0 bridgehead atoms. The largest absolute Gasteiger partial charge is 0.354 e. The fraction of sp³-hybridized carbons (Fsp3) is 0.333. The minimum Gasteiger partial charge on any atom is -0.354 e. The Labute approximate surface area is 113 Å². The van der Waals surface area contributed by atoms with Crippen molar-refractivity contribution in [1.82, 2.24) is 5.32 Å². The molecule has 0 heterocycles. The highest BCUT2D eigenvalue weighted by atomic mass is 19.2. The third-order valence-corrected chi connectivity index (χ3v) is 2.64. The summed E-state index contributed by atoms with van der Waals surface area (Å²) < 4.78 is 39.1. The van der Waals surface area contributed by atoms with Gasteiger partial charge in [0.1, 0.15) is 0 Å². The minimum absolute atomic E-state index is 0.0192. The Bertz CT molecular complexity index is 523. The second-order valence-electron chi connectivity index (χ2n) is 4.11. The molecule has 0 saturated carbocycles. The molecule has 8 heteroatoms. The molecule has 20 heavy (non-hydrogen) atoms. The number of hydrogen-bond acceptors (Lipinski definition) is 2. The van der Waals surface area contributed by atoms with Crippen LogP contribution in [0.2, 0.25) is 0 Å². The molecule has 0 saturated heterocycles. The number of rotatable bonds is 5. The smallest absolute Gasteiger partial charge is 0.282 e. The van der Waals surface area contributed by atoms with E-state index in [0.717, 1.165) is 6.07 Å². The predicted molar refractivity (Wildman–Crippen MR) is 65.3 cm³/mol. The van der Waals surface area contributed by atoms with Crippen LogP contribution in [-0.4, -0.2) is 31.4 Å². The van der Waals surface area contributed by atoms with Crippen LogP contribution in [0.5, 0.6) is 0 Å². The summed E-state index contributed by atoms with van der Waals surface area (Å²) in [6.07, 6.45) is 0. The number of carbonyl (C=O) groups excluding carboxylic acids is 2. The van der Waals surface area contributed by atoms with E-state index in [1.807, 2.05) is 0 Å². The summed E-state index contributed by atoms with van der Waals surface area (Å²) in [5.74, 6) is -5.34. The van der Waals surface area contributed by atoms with Crippen molar-refractivity contribution < 1.29 is 28.1 Å². The minimum atomic E-state index is -1.65. The normalized spacial score (nSPS) is 11.8. The number of likely N-dealkylation sites (N-methyl/N-ethyl adjacent to an activating group) is 1. The van der Waals surface area contributed by atoms with Crippen molar-refractivity contribution in [2.75, 3.05) is 18.9 Å². The van der Waals surface area contributed by atoms with E-state index in [-0.39, 0.29) is 12.5 Å². The first-order valence-corrected chi connectivity index (χ1v) is 5.85. The van der Waals surface area contributed by atoms with Crippen molar-refractivity contribution in [2.45, 2.75) is 13.0 Å². The molecule has 4 N–H and O–H groups in total. The van der Waals surface area contributed by atoms with Crippen LogP contribution in [0.3, 0.4) is 0 Å². The molecular weight excluding hydrogens is 275 g/mol. The molecule has 0 radical (unpaired) electrons. The Morgan fingerprint density at radius 3 is 2.50 bits per heavy atom. The number of hydrogen-bond donors (Lipinski definition) is 3. The Balaban J connectivity index is 2.66. The monoisotopic (exact) mass is 290 g/mol. The first kappa shape index (κ1) is 16.0. The molecule has 2 amide bonds. The summed E-state index contributed by atoms with van der Waals surface area (Å²) in [6.45, 7) is 1.52. The summed E-state index contributed by atoms with van der Waals surface area (Å²) in [4.78, 5) is 22.7. The summed E-state index contributed by atoms with van der Waals surface area (Å²) in [5.41, 5.74) is -0.450. The van der Waals surface area contributed by atoms with Crippen LogP contribution in [0.4, 0.5) is 18.9 Å². The second-order valence-corrected chi connectivity index (χ2v) is 4.11. The molecule has 110 valence electrons. The van der Waals surface area contributed by atoms with Gasteiger partial charge >= 0.3 is 0 Å². The molecule has 1 aromatic carbocycles. The molecule has 0 aliphatic heterocycles. The highest BCUT2D eigenvalue weighted by molar-refractivity contribution is 5.93. The molecular formula is C12H15F3N3O2+. The first-order valence-electron chi connectivity index (χ1n) is 5.85. The van der Waals surface area contributed by atoms with E-state index in [4.69, 9.17) is 0 Å². The summed E-state index contributed by atoms with van der Waals surface area (Å²) in [7, 11) is 1.46. The molecule has 1 rings (SSSR count). The van der Waals surface area contributed by atoms with Crippen LogP contribution in [-0.2, 0) is 9.59 Å². The van der Waals surface area contributed by atoms with Crippen LogP contribution in [0, 0.1) is 17.5 Å². The van der Waals surface area contributed by atoms with E-state index in [9.17, 15) is 22.8 Å². The van der Waals surface area contributed by atoms with Crippen molar-refractivity contribution >= 4 is 17.5 Å². The average Bonchev–Trinajstić information content (AvgIpc) is 2.44. The van der Waals surface area contributed by atoms with Gasteiger partial charge in [-0.3, -0.25) is 9.59 Å². The first-order chi connectivity index (χ1) is 9.36. The fourth-order valence-electron chi connectivity index (χ4n) is 1.36. The van der Waals surface area contributed by atoms with Gasteiger partial charge in [0.2, 0.25) is 0 Å². The summed E-state index contributed by atoms with van der Waals surface area (Å²) >= 11 is 0. The number of nitrogens with two attached hydrogens (primary N) is 1. The number of amides is 2. The van der Waals surface area contributed by atoms with E-state index in [1.165, 1.54) is 19.3 Å². The Kier molecular flexibility index (Phi) is 5.51.